The Bertz CT molecular complexity index is 802. The molecule has 1 amide bonds. The van der Waals surface area contributed by atoms with Crippen molar-refractivity contribution in [3.63, 3.8) is 0 Å². The van der Waals surface area contributed by atoms with Crippen molar-refractivity contribution in [3.8, 4) is 0 Å². The Hall–Kier alpha value is -2.14. The van der Waals surface area contributed by atoms with E-state index in [1.54, 1.807) is 12.5 Å². The van der Waals surface area contributed by atoms with Gasteiger partial charge in [-0.15, -0.1) is 0 Å². The lowest BCUT2D eigenvalue weighted by Gasteiger charge is -2.52. The molecule has 0 bridgehead atoms. The molecule has 5 nitrogen and oxygen atoms in total. The van der Waals surface area contributed by atoms with Gasteiger partial charge in [0.15, 0.2) is 0 Å². The first-order chi connectivity index (χ1) is 13.4. The number of carbonyl (C=O) groups is 1. The number of amides is 1. The van der Waals surface area contributed by atoms with E-state index >= 15 is 0 Å². The molecule has 28 heavy (non-hydrogen) atoms. The lowest BCUT2D eigenvalue weighted by atomic mass is 9.66. The maximum atomic E-state index is 12.8. The normalized spacial score (nSPS) is 32.5. The quantitative estimate of drug-likeness (QED) is 0.870. The van der Waals surface area contributed by atoms with E-state index in [9.17, 15) is 4.79 Å². The van der Waals surface area contributed by atoms with E-state index < -0.39 is 0 Å². The topological polar surface area (TPSA) is 56.2 Å². The lowest BCUT2D eigenvalue weighted by Crippen LogP contribution is -2.60. The Morgan fingerprint density at radius 3 is 2.82 bits per heavy atom. The van der Waals surface area contributed by atoms with Gasteiger partial charge < -0.3 is 14.6 Å². The van der Waals surface area contributed by atoms with Gasteiger partial charge in [-0.1, -0.05) is 43.2 Å². The summed E-state index contributed by atoms with van der Waals surface area (Å²) in [6.07, 6.45) is 9.61. The minimum Gasteiger partial charge on any atom is -0.370 e. The summed E-state index contributed by atoms with van der Waals surface area (Å²) in [5.74, 6) is 1.07. The number of nitrogens with one attached hydrogen (secondary N) is 1. The average molecular weight is 382 g/mol. The molecule has 4 rings (SSSR count). The Balaban J connectivity index is 1.56. The predicted molar refractivity (Wildman–Crippen MR) is 109 cm³/mol. The van der Waals surface area contributed by atoms with Gasteiger partial charge in [0.2, 0.25) is 5.91 Å². The smallest absolute Gasteiger partial charge is 0.240 e. The number of carbonyl (C=O) groups excluding carboxylic acids is 1. The fourth-order valence-electron chi connectivity index (χ4n) is 5.03. The summed E-state index contributed by atoms with van der Waals surface area (Å²) in [5, 5.41) is 3.39. The van der Waals surface area contributed by atoms with Gasteiger partial charge in [0.25, 0.3) is 0 Å². The van der Waals surface area contributed by atoms with Crippen molar-refractivity contribution < 1.29 is 9.53 Å². The van der Waals surface area contributed by atoms with Crippen molar-refractivity contribution in [2.24, 2.45) is 11.8 Å². The minimum absolute atomic E-state index is 0.0192. The molecule has 5 atom stereocenters. The molecule has 1 N–H and O–H groups in total. The summed E-state index contributed by atoms with van der Waals surface area (Å²) in [5.41, 5.74) is 2.19. The standard InChI is InChI=1S/C23H31N3O2/c1-16-4-7-18(8-5-16)21-13-23(3,19-9-6-17(2)12-20(19)28-21)25-22(27)14-26-11-10-24-15-26/h4-5,7-8,10-11,15,17,19-21H,6,9,12-14H2,1-3H3,(H,25,27)/t17-,19-,20-,21-,23-/m1/s1. The summed E-state index contributed by atoms with van der Waals surface area (Å²) < 4.78 is 8.42. The number of rotatable bonds is 4. The van der Waals surface area contributed by atoms with Crippen molar-refractivity contribution in [2.45, 2.75) is 70.7 Å². The molecule has 2 aliphatic rings. The monoisotopic (exact) mass is 381 g/mol. The molecule has 0 spiro atoms. The van der Waals surface area contributed by atoms with E-state index in [2.05, 4.69) is 55.3 Å². The molecule has 1 saturated heterocycles. The second kappa shape index (κ2) is 7.70. The second-order valence-electron chi connectivity index (χ2n) is 9.00. The van der Waals surface area contributed by atoms with Crippen molar-refractivity contribution in [1.29, 1.82) is 0 Å². The third kappa shape index (κ3) is 4.00. The predicted octanol–water partition coefficient (Wildman–Crippen LogP) is 4.03. The van der Waals surface area contributed by atoms with Gasteiger partial charge in [-0.3, -0.25) is 4.79 Å². The zero-order chi connectivity index (χ0) is 19.7. The molecule has 2 fully saturated rings. The summed E-state index contributed by atoms with van der Waals surface area (Å²) in [6.45, 7) is 6.93. The van der Waals surface area contributed by atoms with Gasteiger partial charge in [0.1, 0.15) is 6.54 Å². The molecular weight excluding hydrogens is 350 g/mol. The van der Waals surface area contributed by atoms with Gasteiger partial charge in [-0.25, -0.2) is 4.98 Å². The maximum absolute atomic E-state index is 12.8. The van der Waals surface area contributed by atoms with Crippen LogP contribution in [-0.2, 0) is 16.1 Å². The van der Waals surface area contributed by atoms with Crippen LogP contribution in [-0.4, -0.2) is 27.1 Å². The first-order valence-electron chi connectivity index (χ1n) is 10.4. The maximum Gasteiger partial charge on any atom is 0.240 e. The Morgan fingerprint density at radius 2 is 2.11 bits per heavy atom. The largest absolute Gasteiger partial charge is 0.370 e. The molecule has 1 aromatic carbocycles. The Morgan fingerprint density at radius 1 is 1.32 bits per heavy atom. The minimum atomic E-state index is -0.268. The van der Waals surface area contributed by atoms with E-state index in [-0.39, 0.29) is 23.7 Å². The lowest BCUT2D eigenvalue weighted by molar-refractivity contribution is -0.154. The van der Waals surface area contributed by atoms with E-state index in [4.69, 9.17) is 4.74 Å². The molecule has 1 aliphatic carbocycles. The number of imidazole rings is 1. The van der Waals surface area contributed by atoms with Crippen molar-refractivity contribution in [3.05, 3.63) is 54.1 Å². The molecule has 0 unspecified atom stereocenters. The number of aromatic nitrogens is 2. The number of hydrogen-bond donors (Lipinski definition) is 1. The highest BCUT2D eigenvalue weighted by Gasteiger charge is 2.49. The zero-order valence-corrected chi connectivity index (χ0v) is 17.1. The average Bonchev–Trinajstić information content (AvgIpc) is 3.14. The number of ether oxygens (including phenoxy) is 1. The third-order valence-electron chi connectivity index (χ3n) is 6.58. The highest BCUT2D eigenvalue weighted by Crippen LogP contribution is 2.47. The van der Waals surface area contributed by atoms with Crippen molar-refractivity contribution in [2.75, 3.05) is 0 Å². The summed E-state index contributed by atoms with van der Waals surface area (Å²) in [4.78, 5) is 16.8. The molecule has 5 heteroatoms. The highest BCUT2D eigenvalue weighted by atomic mass is 16.5. The summed E-state index contributed by atoms with van der Waals surface area (Å²) >= 11 is 0. The first kappa shape index (κ1) is 19.2. The Kier molecular flexibility index (Phi) is 5.28. The summed E-state index contributed by atoms with van der Waals surface area (Å²) in [7, 11) is 0. The van der Waals surface area contributed by atoms with Crippen LogP contribution in [0.15, 0.2) is 43.0 Å². The van der Waals surface area contributed by atoms with E-state index in [0.717, 1.165) is 19.3 Å². The number of benzene rings is 1. The van der Waals surface area contributed by atoms with Crippen LogP contribution in [0, 0.1) is 18.8 Å². The molecule has 1 aromatic heterocycles. The van der Waals surface area contributed by atoms with Gasteiger partial charge in [-0.05, 0) is 38.2 Å². The number of nitrogens with zero attached hydrogens (tertiary/aromatic N) is 2. The fraction of sp³-hybridized carbons (Fsp3) is 0.565. The van der Waals surface area contributed by atoms with Crippen molar-refractivity contribution >= 4 is 5.91 Å². The van der Waals surface area contributed by atoms with Crippen LogP contribution in [0.25, 0.3) is 0 Å². The van der Waals surface area contributed by atoms with Crippen LogP contribution in [0.4, 0.5) is 0 Å². The van der Waals surface area contributed by atoms with Crippen molar-refractivity contribution in [1.82, 2.24) is 14.9 Å². The molecule has 2 heterocycles. The van der Waals surface area contributed by atoms with Crippen LogP contribution in [0.3, 0.4) is 0 Å². The van der Waals surface area contributed by atoms with Crippen LogP contribution < -0.4 is 5.32 Å². The number of hydrogen-bond acceptors (Lipinski definition) is 3. The number of fused-ring (bicyclic) bond motifs is 1. The molecule has 0 radical (unpaired) electrons. The van der Waals surface area contributed by atoms with Gasteiger partial charge in [0.05, 0.1) is 18.5 Å². The van der Waals surface area contributed by atoms with Crippen LogP contribution >= 0.6 is 0 Å². The van der Waals surface area contributed by atoms with E-state index in [1.807, 2.05) is 10.8 Å². The zero-order valence-electron chi connectivity index (χ0n) is 17.1. The molecule has 1 saturated carbocycles. The van der Waals surface area contributed by atoms with Crippen LogP contribution in [0.5, 0.6) is 0 Å². The van der Waals surface area contributed by atoms with Gasteiger partial charge in [-0.2, -0.15) is 0 Å². The second-order valence-corrected chi connectivity index (χ2v) is 9.00. The molecular formula is C23H31N3O2. The van der Waals surface area contributed by atoms with Crippen LogP contribution in [0.2, 0.25) is 0 Å². The van der Waals surface area contributed by atoms with E-state index in [0.29, 0.717) is 18.4 Å². The highest BCUT2D eigenvalue weighted by molar-refractivity contribution is 5.76. The summed E-state index contributed by atoms with van der Waals surface area (Å²) in [6, 6.07) is 8.62. The van der Waals surface area contributed by atoms with Crippen LogP contribution in [0.1, 0.15) is 56.8 Å². The van der Waals surface area contributed by atoms with Gasteiger partial charge in [0, 0.05) is 30.3 Å². The Labute approximate surface area is 167 Å². The molecule has 1 aliphatic heterocycles. The van der Waals surface area contributed by atoms with Gasteiger partial charge >= 0.3 is 0 Å². The molecule has 150 valence electrons. The first-order valence-corrected chi connectivity index (χ1v) is 10.4. The molecule has 2 aromatic rings. The SMILES string of the molecule is Cc1ccc([C@H]2C[C@@](C)(NC(=O)Cn3ccnc3)[C@@H]3CC[C@@H](C)C[C@H]3O2)cc1. The fourth-order valence-corrected chi connectivity index (χ4v) is 5.03. The third-order valence-corrected chi connectivity index (χ3v) is 6.58. The number of aryl methyl sites for hydroxylation is 1. The van der Waals surface area contributed by atoms with E-state index in [1.165, 1.54) is 17.5 Å².